The number of ether oxygens (including phenoxy) is 3. The van der Waals surface area contributed by atoms with Gasteiger partial charge < -0.3 is 14.2 Å². The topological polar surface area (TPSA) is 61.8 Å². The van der Waals surface area contributed by atoms with Crippen LogP contribution >= 0.6 is 0 Å². The van der Waals surface area contributed by atoms with E-state index in [9.17, 15) is 9.59 Å². The number of para-hydroxylation sites is 1. The molecule has 0 heterocycles. The van der Waals surface area contributed by atoms with Crippen LogP contribution in [0.25, 0.3) is 0 Å². The van der Waals surface area contributed by atoms with Crippen molar-refractivity contribution < 1.29 is 23.8 Å². The van der Waals surface area contributed by atoms with Crippen molar-refractivity contribution in [2.24, 2.45) is 0 Å². The predicted octanol–water partition coefficient (Wildman–Crippen LogP) is 4.18. The summed E-state index contributed by atoms with van der Waals surface area (Å²) in [4.78, 5) is 22.9. The molecule has 0 aliphatic carbocycles. The summed E-state index contributed by atoms with van der Waals surface area (Å²) >= 11 is 0. The molecular formula is C22H18O5. The van der Waals surface area contributed by atoms with Gasteiger partial charge in [0, 0.05) is 5.56 Å². The first-order chi connectivity index (χ1) is 13.2. The van der Waals surface area contributed by atoms with Gasteiger partial charge in [-0.15, -0.1) is 0 Å². The molecule has 0 fully saturated rings. The third-order valence-electron chi connectivity index (χ3n) is 3.66. The van der Waals surface area contributed by atoms with Crippen molar-refractivity contribution >= 4 is 12.3 Å². The molecule has 0 spiro atoms. The summed E-state index contributed by atoms with van der Waals surface area (Å²) in [7, 11) is 0. The highest BCUT2D eigenvalue weighted by Gasteiger charge is 2.09. The molecule has 5 nitrogen and oxygen atoms in total. The van der Waals surface area contributed by atoms with Crippen molar-refractivity contribution in [2.75, 3.05) is 13.2 Å². The van der Waals surface area contributed by atoms with E-state index in [2.05, 4.69) is 0 Å². The van der Waals surface area contributed by atoms with Crippen molar-refractivity contribution in [1.29, 1.82) is 0 Å². The van der Waals surface area contributed by atoms with E-state index >= 15 is 0 Å². The summed E-state index contributed by atoms with van der Waals surface area (Å²) in [6.45, 7) is 0.804. The van der Waals surface area contributed by atoms with Crippen molar-refractivity contribution in [3.63, 3.8) is 0 Å². The van der Waals surface area contributed by atoms with E-state index < -0.39 is 5.97 Å². The Bertz CT molecular complexity index is 888. The smallest absolute Gasteiger partial charge is 0.343 e. The molecule has 0 atom stereocenters. The second-order valence-electron chi connectivity index (χ2n) is 5.61. The van der Waals surface area contributed by atoms with Gasteiger partial charge >= 0.3 is 5.97 Å². The molecule has 0 saturated heterocycles. The summed E-state index contributed by atoms with van der Waals surface area (Å²) < 4.78 is 16.4. The lowest BCUT2D eigenvalue weighted by atomic mass is 10.2. The van der Waals surface area contributed by atoms with Gasteiger partial charge in [-0.2, -0.15) is 0 Å². The highest BCUT2D eigenvalue weighted by atomic mass is 16.5. The summed E-state index contributed by atoms with van der Waals surface area (Å²) in [5, 5.41) is 0. The fraction of sp³-hybridized carbons (Fsp3) is 0.0909. The van der Waals surface area contributed by atoms with E-state index in [0.29, 0.717) is 42.1 Å². The minimum absolute atomic E-state index is 0.322. The molecular weight excluding hydrogens is 344 g/mol. The van der Waals surface area contributed by atoms with E-state index in [1.54, 1.807) is 42.5 Å². The summed E-state index contributed by atoms with van der Waals surface area (Å²) in [6.07, 6.45) is 0.699. The second-order valence-corrected chi connectivity index (χ2v) is 5.61. The molecule has 27 heavy (non-hydrogen) atoms. The fourth-order valence-electron chi connectivity index (χ4n) is 2.34. The average molecular weight is 362 g/mol. The zero-order chi connectivity index (χ0) is 18.9. The molecule has 5 heteroatoms. The van der Waals surface area contributed by atoms with Gasteiger partial charge in [-0.1, -0.05) is 30.3 Å². The maximum absolute atomic E-state index is 12.2. The number of carbonyl (C=O) groups excluding carboxylic acids is 2. The zero-order valence-electron chi connectivity index (χ0n) is 14.5. The maximum atomic E-state index is 12.2. The van der Waals surface area contributed by atoms with E-state index in [1.807, 2.05) is 30.3 Å². The van der Waals surface area contributed by atoms with Crippen LogP contribution in [0.5, 0.6) is 17.2 Å². The molecule has 0 bridgehead atoms. The van der Waals surface area contributed by atoms with Crippen LogP contribution in [0.2, 0.25) is 0 Å². The van der Waals surface area contributed by atoms with Gasteiger partial charge in [-0.05, 0) is 48.5 Å². The Morgan fingerprint density at radius 3 is 2.04 bits per heavy atom. The lowest BCUT2D eigenvalue weighted by molar-refractivity contribution is 0.0734. The van der Waals surface area contributed by atoms with Gasteiger partial charge in [0.15, 0.2) is 0 Å². The number of carbonyl (C=O) groups is 2. The molecule has 0 unspecified atom stereocenters. The first-order valence-corrected chi connectivity index (χ1v) is 8.43. The quantitative estimate of drug-likeness (QED) is 0.260. The lowest BCUT2D eigenvalue weighted by Crippen LogP contribution is -2.10. The second kappa shape index (κ2) is 9.20. The molecule has 3 rings (SSSR count). The molecule has 0 N–H and O–H groups in total. The first kappa shape index (κ1) is 18.2. The number of hydrogen-bond donors (Lipinski definition) is 0. The maximum Gasteiger partial charge on any atom is 0.343 e. The van der Waals surface area contributed by atoms with Crippen LogP contribution in [-0.2, 0) is 0 Å². The lowest BCUT2D eigenvalue weighted by Gasteiger charge is -2.09. The Hall–Kier alpha value is -3.60. The van der Waals surface area contributed by atoms with Gasteiger partial charge in [0.1, 0.15) is 36.7 Å². The Morgan fingerprint density at radius 1 is 0.741 bits per heavy atom. The number of benzene rings is 3. The molecule has 0 aromatic heterocycles. The zero-order valence-corrected chi connectivity index (χ0v) is 14.5. The van der Waals surface area contributed by atoms with E-state index in [4.69, 9.17) is 14.2 Å². The van der Waals surface area contributed by atoms with Crippen LogP contribution in [0.1, 0.15) is 20.7 Å². The van der Waals surface area contributed by atoms with E-state index in [1.165, 1.54) is 6.07 Å². The van der Waals surface area contributed by atoms with Crippen molar-refractivity contribution in [3.8, 4) is 17.2 Å². The van der Waals surface area contributed by atoms with Crippen LogP contribution < -0.4 is 14.2 Å². The van der Waals surface area contributed by atoms with Crippen LogP contribution in [0.4, 0.5) is 0 Å². The van der Waals surface area contributed by atoms with Gasteiger partial charge in [0.2, 0.25) is 0 Å². The SMILES string of the molecule is O=Cc1cccc(OC(=O)c2ccc(OCCOc3ccccc3)cc2)c1. The Balaban J connectivity index is 1.49. The highest BCUT2D eigenvalue weighted by molar-refractivity contribution is 5.91. The molecule has 136 valence electrons. The van der Waals surface area contributed by atoms with Crippen LogP contribution in [0.3, 0.4) is 0 Å². The van der Waals surface area contributed by atoms with E-state index in [-0.39, 0.29) is 0 Å². The van der Waals surface area contributed by atoms with Crippen LogP contribution in [-0.4, -0.2) is 25.5 Å². The predicted molar refractivity (Wildman–Crippen MR) is 101 cm³/mol. The van der Waals surface area contributed by atoms with Gasteiger partial charge in [0.25, 0.3) is 0 Å². The molecule has 0 amide bonds. The molecule has 3 aromatic rings. The van der Waals surface area contributed by atoms with Gasteiger partial charge in [-0.3, -0.25) is 4.79 Å². The van der Waals surface area contributed by atoms with Crippen molar-refractivity contribution in [1.82, 2.24) is 0 Å². The summed E-state index contributed by atoms with van der Waals surface area (Å²) in [5.74, 6) is 1.24. The number of esters is 1. The minimum Gasteiger partial charge on any atom is -0.490 e. The molecule has 0 aliphatic heterocycles. The van der Waals surface area contributed by atoms with Gasteiger partial charge in [0.05, 0.1) is 5.56 Å². The summed E-state index contributed by atoms with van der Waals surface area (Å²) in [5.41, 5.74) is 0.834. The Labute approximate surface area is 157 Å². The number of aldehydes is 1. The highest BCUT2D eigenvalue weighted by Crippen LogP contribution is 2.17. The van der Waals surface area contributed by atoms with Crippen LogP contribution in [0, 0.1) is 0 Å². The average Bonchev–Trinajstić information content (AvgIpc) is 2.72. The Kier molecular flexibility index (Phi) is 6.20. The molecule has 0 saturated carbocycles. The third kappa shape index (κ3) is 5.44. The monoisotopic (exact) mass is 362 g/mol. The van der Waals surface area contributed by atoms with Crippen molar-refractivity contribution in [3.05, 3.63) is 90.0 Å². The number of rotatable bonds is 8. The van der Waals surface area contributed by atoms with Crippen molar-refractivity contribution in [2.45, 2.75) is 0 Å². The first-order valence-electron chi connectivity index (χ1n) is 8.43. The Morgan fingerprint density at radius 2 is 1.37 bits per heavy atom. The molecule has 0 radical (unpaired) electrons. The molecule has 0 aliphatic rings. The fourth-order valence-corrected chi connectivity index (χ4v) is 2.34. The molecule has 3 aromatic carbocycles. The third-order valence-corrected chi connectivity index (χ3v) is 3.66. The number of hydrogen-bond acceptors (Lipinski definition) is 5. The normalized spacial score (nSPS) is 10.1. The van der Waals surface area contributed by atoms with Gasteiger partial charge in [-0.25, -0.2) is 4.79 Å². The van der Waals surface area contributed by atoms with Crippen LogP contribution in [0.15, 0.2) is 78.9 Å². The van der Waals surface area contributed by atoms with E-state index in [0.717, 1.165) is 5.75 Å². The summed E-state index contributed by atoms with van der Waals surface area (Å²) in [6, 6.07) is 22.6. The largest absolute Gasteiger partial charge is 0.490 e. The minimum atomic E-state index is -0.503. The standard InChI is InChI=1S/C22H18O5/c23-16-17-5-4-8-21(15-17)27-22(24)18-9-11-20(12-10-18)26-14-13-25-19-6-2-1-3-7-19/h1-12,15-16H,13-14H2.